The zero-order chi connectivity index (χ0) is 18.1. The van der Waals surface area contributed by atoms with Crippen LogP contribution in [0.3, 0.4) is 0 Å². The van der Waals surface area contributed by atoms with Gasteiger partial charge in [-0.05, 0) is 68.1 Å². The highest BCUT2D eigenvalue weighted by Gasteiger charge is 2.37. The molecular weight excluding hydrogens is 331 g/mol. The van der Waals surface area contributed by atoms with Crippen LogP contribution in [0.4, 0.5) is 4.39 Å². The second kappa shape index (κ2) is 6.67. The molecule has 3 aromatic rings. The molecule has 1 aromatic heterocycles. The Morgan fingerprint density at radius 1 is 1.00 bits per heavy atom. The van der Waals surface area contributed by atoms with Gasteiger partial charge in [-0.1, -0.05) is 18.2 Å². The number of aliphatic hydroxyl groups is 2. The fourth-order valence-corrected chi connectivity index (χ4v) is 3.54. The number of benzene rings is 2. The van der Waals surface area contributed by atoms with Crippen LogP contribution in [0.15, 0.2) is 60.7 Å². The molecule has 0 saturated heterocycles. The summed E-state index contributed by atoms with van der Waals surface area (Å²) in [4.78, 5) is 0. The summed E-state index contributed by atoms with van der Waals surface area (Å²) in [6.07, 6.45) is 1.70. The number of halogens is 1. The highest BCUT2D eigenvalue weighted by molar-refractivity contribution is 5.63. The molecule has 0 bridgehead atoms. The lowest BCUT2D eigenvalue weighted by Crippen LogP contribution is -2.33. The van der Waals surface area contributed by atoms with E-state index < -0.39 is 5.60 Å². The van der Waals surface area contributed by atoms with E-state index in [4.69, 9.17) is 5.10 Å². The Bertz CT molecular complexity index is 882. The molecule has 26 heavy (non-hydrogen) atoms. The average Bonchev–Trinajstić information content (AvgIpc) is 3.12. The van der Waals surface area contributed by atoms with Crippen LogP contribution in [-0.2, 0) is 5.60 Å². The number of para-hydroxylation sites is 1. The molecule has 2 N–H and O–H groups in total. The molecular formula is C21H21FN2O2. The van der Waals surface area contributed by atoms with E-state index in [0.717, 1.165) is 16.9 Å². The first-order valence-corrected chi connectivity index (χ1v) is 8.87. The van der Waals surface area contributed by atoms with Gasteiger partial charge in [-0.3, -0.25) is 0 Å². The third-order valence-electron chi connectivity index (χ3n) is 5.11. The Morgan fingerprint density at radius 2 is 1.65 bits per heavy atom. The van der Waals surface area contributed by atoms with Gasteiger partial charge in [-0.25, -0.2) is 9.07 Å². The Labute approximate surface area is 151 Å². The topological polar surface area (TPSA) is 58.3 Å². The zero-order valence-electron chi connectivity index (χ0n) is 14.3. The van der Waals surface area contributed by atoms with Gasteiger partial charge >= 0.3 is 0 Å². The lowest BCUT2D eigenvalue weighted by atomic mass is 9.81. The normalized spacial score (nSPS) is 23.1. The highest BCUT2D eigenvalue weighted by atomic mass is 19.1. The summed E-state index contributed by atoms with van der Waals surface area (Å²) in [6.45, 7) is 0. The molecule has 0 aliphatic heterocycles. The van der Waals surface area contributed by atoms with E-state index in [1.54, 1.807) is 16.8 Å². The monoisotopic (exact) mass is 352 g/mol. The van der Waals surface area contributed by atoms with Gasteiger partial charge in [0.25, 0.3) is 0 Å². The standard InChI is InChI=1S/C21H21FN2O2/c22-16-8-6-15(7-9-16)19-14-20(21(26)12-10-18(25)11-13-21)23-24(19)17-4-2-1-3-5-17/h1-9,14,18,25-26H,10-13H2. The molecule has 1 fully saturated rings. The number of hydrogen-bond donors (Lipinski definition) is 2. The molecule has 1 aliphatic rings. The smallest absolute Gasteiger partial charge is 0.123 e. The molecule has 4 nitrogen and oxygen atoms in total. The molecule has 0 radical (unpaired) electrons. The van der Waals surface area contributed by atoms with Crippen molar-refractivity contribution in [1.82, 2.24) is 9.78 Å². The molecule has 134 valence electrons. The van der Waals surface area contributed by atoms with Crippen molar-refractivity contribution >= 4 is 0 Å². The Balaban J connectivity index is 1.81. The van der Waals surface area contributed by atoms with Crippen molar-refractivity contribution in [3.63, 3.8) is 0 Å². The van der Waals surface area contributed by atoms with Crippen LogP contribution in [0.1, 0.15) is 31.4 Å². The van der Waals surface area contributed by atoms with Crippen molar-refractivity contribution < 1.29 is 14.6 Å². The third-order valence-corrected chi connectivity index (χ3v) is 5.11. The van der Waals surface area contributed by atoms with E-state index in [1.807, 2.05) is 36.4 Å². The minimum atomic E-state index is -1.05. The number of aromatic nitrogens is 2. The molecule has 0 amide bonds. The van der Waals surface area contributed by atoms with E-state index >= 15 is 0 Å². The summed E-state index contributed by atoms with van der Waals surface area (Å²) in [7, 11) is 0. The second-order valence-corrected chi connectivity index (χ2v) is 6.93. The highest BCUT2D eigenvalue weighted by Crippen LogP contribution is 2.38. The fraction of sp³-hybridized carbons (Fsp3) is 0.286. The number of aliphatic hydroxyl groups excluding tert-OH is 1. The van der Waals surface area contributed by atoms with Crippen molar-refractivity contribution in [2.45, 2.75) is 37.4 Å². The van der Waals surface area contributed by atoms with Crippen molar-refractivity contribution in [1.29, 1.82) is 0 Å². The maximum Gasteiger partial charge on any atom is 0.123 e. The lowest BCUT2D eigenvalue weighted by molar-refractivity contribution is -0.0393. The van der Waals surface area contributed by atoms with Gasteiger partial charge in [0.05, 0.1) is 23.2 Å². The molecule has 2 aromatic carbocycles. The molecule has 0 spiro atoms. The SMILES string of the molecule is OC1CCC(O)(c2cc(-c3ccc(F)cc3)n(-c3ccccc3)n2)CC1. The second-order valence-electron chi connectivity index (χ2n) is 6.93. The van der Waals surface area contributed by atoms with E-state index in [0.29, 0.717) is 31.4 Å². The van der Waals surface area contributed by atoms with Crippen LogP contribution in [-0.4, -0.2) is 26.1 Å². The Hall–Kier alpha value is -2.50. The van der Waals surface area contributed by atoms with Gasteiger partial charge in [0.15, 0.2) is 0 Å². The minimum Gasteiger partial charge on any atom is -0.393 e. The van der Waals surface area contributed by atoms with Crippen molar-refractivity contribution in [3.8, 4) is 16.9 Å². The van der Waals surface area contributed by atoms with Crippen LogP contribution in [0, 0.1) is 5.82 Å². The van der Waals surface area contributed by atoms with Crippen LogP contribution in [0.2, 0.25) is 0 Å². The summed E-state index contributed by atoms with van der Waals surface area (Å²) < 4.78 is 15.1. The average molecular weight is 352 g/mol. The van der Waals surface area contributed by atoms with E-state index in [-0.39, 0.29) is 11.9 Å². The molecule has 0 atom stereocenters. The zero-order valence-corrected chi connectivity index (χ0v) is 14.3. The lowest BCUT2D eigenvalue weighted by Gasteiger charge is -2.32. The van der Waals surface area contributed by atoms with Gasteiger partial charge in [-0.15, -0.1) is 0 Å². The van der Waals surface area contributed by atoms with Gasteiger partial charge < -0.3 is 10.2 Å². The molecule has 1 heterocycles. The summed E-state index contributed by atoms with van der Waals surface area (Å²) in [5.74, 6) is -0.292. The van der Waals surface area contributed by atoms with Gasteiger partial charge in [0, 0.05) is 5.56 Å². The summed E-state index contributed by atoms with van der Waals surface area (Å²) in [5, 5.41) is 25.5. The first-order chi connectivity index (χ1) is 12.5. The Kier molecular flexibility index (Phi) is 4.34. The molecule has 5 heteroatoms. The summed E-state index contributed by atoms with van der Waals surface area (Å²) in [5.41, 5.74) is 2.04. The predicted molar refractivity (Wildman–Crippen MR) is 97.3 cm³/mol. The van der Waals surface area contributed by atoms with Crippen LogP contribution >= 0.6 is 0 Å². The van der Waals surface area contributed by atoms with E-state index in [9.17, 15) is 14.6 Å². The molecule has 1 saturated carbocycles. The Morgan fingerprint density at radius 3 is 2.31 bits per heavy atom. The first-order valence-electron chi connectivity index (χ1n) is 8.87. The number of rotatable bonds is 3. The quantitative estimate of drug-likeness (QED) is 0.754. The summed E-state index contributed by atoms with van der Waals surface area (Å²) in [6, 6.07) is 17.8. The third kappa shape index (κ3) is 3.16. The first kappa shape index (κ1) is 16.9. The largest absolute Gasteiger partial charge is 0.393 e. The predicted octanol–water partition coefficient (Wildman–Crippen LogP) is 3.80. The number of hydrogen-bond acceptors (Lipinski definition) is 3. The number of nitrogens with zero attached hydrogens (tertiary/aromatic N) is 2. The van der Waals surface area contributed by atoms with Crippen molar-refractivity contribution in [3.05, 3.63) is 72.2 Å². The summed E-state index contributed by atoms with van der Waals surface area (Å²) >= 11 is 0. The minimum absolute atomic E-state index is 0.292. The van der Waals surface area contributed by atoms with Crippen molar-refractivity contribution in [2.24, 2.45) is 0 Å². The van der Waals surface area contributed by atoms with Crippen LogP contribution in [0.25, 0.3) is 16.9 Å². The molecule has 0 unspecified atom stereocenters. The van der Waals surface area contributed by atoms with Gasteiger partial charge in [-0.2, -0.15) is 5.10 Å². The van der Waals surface area contributed by atoms with Crippen LogP contribution < -0.4 is 0 Å². The molecule has 1 aliphatic carbocycles. The van der Waals surface area contributed by atoms with E-state index in [1.165, 1.54) is 12.1 Å². The fourth-order valence-electron chi connectivity index (χ4n) is 3.54. The molecule has 4 rings (SSSR count). The van der Waals surface area contributed by atoms with Gasteiger partial charge in [0.2, 0.25) is 0 Å². The van der Waals surface area contributed by atoms with Crippen LogP contribution in [0.5, 0.6) is 0 Å². The maximum atomic E-state index is 13.3. The van der Waals surface area contributed by atoms with E-state index in [2.05, 4.69) is 0 Å². The van der Waals surface area contributed by atoms with Gasteiger partial charge in [0.1, 0.15) is 11.4 Å². The maximum absolute atomic E-state index is 13.3. The van der Waals surface area contributed by atoms with Crippen molar-refractivity contribution in [2.75, 3.05) is 0 Å².